The Bertz CT molecular complexity index is 538. The summed E-state index contributed by atoms with van der Waals surface area (Å²) in [6, 6.07) is 11.0. The first-order valence-electron chi connectivity index (χ1n) is 5.48. The molecule has 0 bridgehead atoms. The van der Waals surface area contributed by atoms with Gasteiger partial charge in [-0.25, -0.2) is 4.39 Å². The van der Waals surface area contributed by atoms with Crippen LogP contribution in [0.3, 0.4) is 0 Å². The Hall–Kier alpha value is -1.58. The number of halogens is 2. The van der Waals surface area contributed by atoms with Crippen LogP contribution in [0.1, 0.15) is 18.6 Å². The molecule has 2 aromatic carbocycles. The average Bonchev–Trinajstić information content (AvgIpc) is 2.34. The van der Waals surface area contributed by atoms with Gasteiger partial charge in [0.2, 0.25) is 0 Å². The van der Waals surface area contributed by atoms with E-state index in [4.69, 9.17) is 16.3 Å². The van der Waals surface area contributed by atoms with Gasteiger partial charge in [0.05, 0.1) is 6.10 Å². The van der Waals surface area contributed by atoms with Crippen LogP contribution in [-0.2, 0) is 0 Å². The fourth-order valence-corrected chi connectivity index (χ4v) is 1.71. The third-order valence-corrected chi connectivity index (χ3v) is 2.73. The summed E-state index contributed by atoms with van der Waals surface area (Å²) in [5.41, 5.74) is 0.407. The van der Waals surface area contributed by atoms with Crippen LogP contribution in [0.25, 0.3) is 0 Å². The minimum absolute atomic E-state index is 0.0369. The summed E-state index contributed by atoms with van der Waals surface area (Å²) in [7, 11) is 0. The molecule has 0 aliphatic rings. The van der Waals surface area contributed by atoms with Crippen molar-refractivity contribution in [1.29, 1.82) is 0 Å². The Morgan fingerprint density at radius 2 is 1.83 bits per heavy atom. The maximum atomic E-state index is 13.7. The molecule has 0 radical (unpaired) electrons. The number of ether oxygens (including phenoxy) is 1. The second kappa shape index (κ2) is 5.38. The minimum atomic E-state index is -0.803. The molecule has 0 amide bonds. The lowest BCUT2D eigenvalue weighted by atomic mass is 10.1. The van der Waals surface area contributed by atoms with Crippen molar-refractivity contribution >= 4 is 11.6 Å². The second-order valence-electron chi connectivity index (χ2n) is 3.89. The summed E-state index contributed by atoms with van der Waals surface area (Å²) in [6.45, 7) is 1.56. The van der Waals surface area contributed by atoms with Crippen LogP contribution in [0.15, 0.2) is 42.5 Å². The van der Waals surface area contributed by atoms with Crippen LogP contribution in [-0.4, -0.2) is 5.11 Å². The van der Waals surface area contributed by atoms with Gasteiger partial charge in [0.25, 0.3) is 0 Å². The Balaban J connectivity index is 2.36. The number of hydrogen-bond donors (Lipinski definition) is 1. The average molecular weight is 267 g/mol. The van der Waals surface area contributed by atoms with E-state index in [1.165, 1.54) is 12.1 Å². The van der Waals surface area contributed by atoms with Crippen LogP contribution in [0, 0.1) is 5.82 Å². The van der Waals surface area contributed by atoms with Gasteiger partial charge < -0.3 is 9.84 Å². The van der Waals surface area contributed by atoms with Gasteiger partial charge in [-0.05, 0) is 37.3 Å². The lowest BCUT2D eigenvalue weighted by Crippen LogP contribution is -1.98. The fraction of sp³-hybridized carbons (Fsp3) is 0.143. The lowest BCUT2D eigenvalue weighted by molar-refractivity contribution is 0.194. The molecule has 0 aliphatic carbocycles. The molecule has 2 nitrogen and oxygen atoms in total. The number of para-hydroxylation sites is 1. The van der Waals surface area contributed by atoms with Gasteiger partial charge in [0, 0.05) is 10.6 Å². The third-order valence-electron chi connectivity index (χ3n) is 2.48. The third kappa shape index (κ3) is 2.81. The first-order valence-corrected chi connectivity index (χ1v) is 5.85. The van der Waals surface area contributed by atoms with Gasteiger partial charge in [-0.1, -0.05) is 23.7 Å². The molecule has 0 aromatic heterocycles. The lowest BCUT2D eigenvalue weighted by Gasteiger charge is -2.13. The van der Waals surface area contributed by atoms with E-state index in [1.807, 2.05) is 0 Å². The Kier molecular flexibility index (Phi) is 3.84. The van der Waals surface area contributed by atoms with Crippen LogP contribution >= 0.6 is 11.6 Å². The summed E-state index contributed by atoms with van der Waals surface area (Å²) in [5, 5.41) is 10.2. The topological polar surface area (TPSA) is 29.5 Å². The van der Waals surface area contributed by atoms with E-state index >= 15 is 0 Å². The number of aliphatic hydroxyl groups is 1. The van der Waals surface area contributed by atoms with E-state index in [1.54, 1.807) is 37.3 Å². The van der Waals surface area contributed by atoms with Crippen molar-refractivity contribution in [2.45, 2.75) is 13.0 Å². The highest BCUT2D eigenvalue weighted by atomic mass is 35.5. The maximum absolute atomic E-state index is 13.7. The van der Waals surface area contributed by atoms with Crippen LogP contribution < -0.4 is 4.74 Å². The van der Waals surface area contributed by atoms with Crippen LogP contribution in [0.5, 0.6) is 11.5 Å². The standard InChI is InChI=1S/C14H12ClFO2/c1-9(17)12-3-2-4-13(16)14(12)18-11-7-5-10(15)6-8-11/h2-9,17H,1H3/t9-/m1/s1. The van der Waals surface area contributed by atoms with Gasteiger partial charge in [0.15, 0.2) is 11.6 Å². The largest absolute Gasteiger partial charge is 0.454 e. The molecule has 18 heavy (non-hydrogen) atoms. The highest BCUT2D eigenvalue weighted by Gasteiger charge is 2.14. The van der Waals surface area contributed by atoms with E-state index in [9.17, 15) is 9.50 Å². The first-order chi connectivity index (χ1) is 8.58. The molecular formula is C14H12ClFO2. The quantitative estimate of drug-likeness (QED) is 0.896. The summed E-state index contributed by atoms with van der Waals surface area (Å²) in [6.07, 6.45) is -0.803. The molecule has 0 unspecified atom stereocenters. The molecule has 1 N–H and O–H groups in total. The number of rotatable bonds is 3. The Morgan fingerprint density at radius 3 is 2.44 bits per heavy atom. The highest BCUT2D eigenvalue weighted by Crippen LogP contribution is 2.32. The zero-order valence-corrected chi connectivity index (χ0v) is 10.5. The zero-order chi connectivity index (χ0) is 13.1. The molecule has 0 saturated heterocycles. The van der Waals surface area contributed by atoms with Crippen molar-refractivity contribution in [3.05, 3.63) is 58.9 Å². The summed E-state index contributed by atoms with van der Waals surface area (Å²) < 4.78 is 19.2. The smallest absolute Gasteiger partial charge is 0.168 e. The number of hydrogen-bond acceptors (Lipinski definition) is 2. The summed E-state index contributed by atoms with van der Waals surface area (Å²) in [5.74, 6) is -0.00966. The molecule has 4 heteroatoms. The van der Waals surface area contributed by atoms with E-state index in [-0.39, 0.29) is 5.75 Å². The molecule has 0 saturated carbocycles. The highest BCUT2D eigenvalue weighted by molar-refractivity contribution is 6.30. The molecule has 0 spiro atoms. The molecule has 0 aliphatic heterocycles. The fourth-order valence-electron chi connectivity index (χ4n) is 1.58. The zero-order valence-electron chi connectivity index (χ0n) is 9.73. The van der Waals surface area contributed by atoms with Crippen LogP contribution in [0.4, 0.5) is 4.39 Å². The van der Waals surface area contributed by atoms with Crippen molar-refractivity contribution in [2.24, 2.45) is 0 Å². The number of benzene rings is 2. The van der Waals surface area contributed by atoms with Crippen LogP contribution in [0.2, 0.25) is 5.02 Å². The summed E-state index contributed by atoms with van der Waals surface area (Å²) in [4.78, 5) is 0. The minimum Gasteiger partial charge on any atom is -0.454 e. The molecule has 0 fully saturated rings. The molecule has 2 aromatic rings. The van der Waals surface area contributed by atoms with E-state index in [0.717, 1.165) is 0 Å². The van der Waals surface area contributed by atoms with E-state index < -0.39 is 11.9 Å². The van der Waals surface area contributed by atoms with Crippen molar-refractivity contribution in [2.75, 3.05) is 0 Å². The van der Waals surface area contributed by atoms with Crippen molar-refractivity contribution < 1.29 is 14.2 Å². The van der Waals surface area contributed by atoms with Crippen molar-refractivity contribution in [3.8, 4) is 11.5 Å². The summed E-state index contributed by atoms with van der Waals surface area (Å²) >= 11 is 5.76. The SMILES string of the molecule is C[C@@H](O)c1cccc(F)c1Oc1ccc(Cl)cc1. The second-order valence-corrected chi connectivity index (χ2v) is 4.33. The maximum Gasteiger partial charge on any atom is 0.168 e. The molecule has 94 valence electrons. The van der Waals surface area contributed by atoms with Crippen molar-refractivity contribution in [1.82, 2.24) is 0 Å². The molecular weight excluding hydrogens is 255 g/mol. The Morgan fingerprint density at radius 1 is 1.17 bits per heavy atom. The van der Waals surface area contributed by atoms with Crippen molar-refractivity contribution in [3.63, 3.8) is 0 Å². The van der Waals surface area contributed by atoms with Gasteiger partial charge in [-0.15, -0.1) is 0 Å². The van der Waals surface area contributed by atoms with Gasteiger partial charge >= 0.3 is 0 Å². The van der Waals surface area contributed by atoms with Gasteiger partial charge in [-0.3, -0.25) is 0 Å². The van der Waals surface area contributed by atoms with Gasteiger partial charge in [-0.2, -0.15) is 0 Å². The van der Waals surface area contributed by atoms with E-state index in [0.29, 0.717) is 16.3 Å². The Labute approximate surface area is 110 Å². The molecule has 1 atom stereocenters. The molecule has 2 rings (SSSR count). The monoisotopic (exact) mass is 266 g/mol. The first kappa shape index (κ1) is 12.9. The molecule has 0 heterocycles. The van der Waals surface area contributed by atoms with Gasteiger partial charge in [0.1, 0.15) is 5.75 Å². The predicted molar refractivity (Wildman–Crippen MR) is 68.6 cm³/mol. The normalized spacial score (nSPS) is 12.2. The van der Waals surface area contributed by atoms with E-state index in [2.05, 4.69) is 0 Å². The predicted octanol–water partition coefficient (Wildman–Crippen LogP) is 4.32. The number of aliphatic hydroxyl groups excluding tert-OH is 1.